The van der Waals surface area contributed by atoms with Crippen molar-refractivity contribution in [2.24, 2.45) is 0 Å². The van der Waals surface area contributed by atoms with Crippen LogP contribution in [-0.2, 0) is 10.0 Å². The fourth-order valence-electron chi connectivity index (χ4n) is 1.47. The monoisotopic (exact) mass is 286 g/mol. The highest BCUT2D eigenvalue weighted by molar-refractivity contribution is 7.91. The van der Waals surface area contributed by atoms with Crippen LogP contribution in [0, 0.1) is 0 Å². The van der Waals surface area contributed by atoms with E-state index in [2.05, 4.69) is 9.71 Å². The summed E-state index contributed by atoms with van der Waals surface area (Å²) >= 11 is 1.16. The predicted octanol–water partition coefficient (Wildman–Crippen LogP) is 1.35. The van der Waals surface area contributed by atoms with E-state index in [9.17, 15) is 8.42 Å². The van der Waals surface area contributed by atoms with Crippen LogP contribution in [-0.4, -0.2) is 31.7 Å². The summed E-state index contributed by atoms with van der Waals surface area (Å²) in [4.78, 5) is 4.10. The average molecular weight is 286 g/mol. The number of rotatable bonds is 6. The number of benzene rings is 1. The number of aliphatic hydroxyl groups is 1. The van der Waals surface area contributed by atoms with Crippen LogP contribution in [0.2, 0.25) is 0 Å². The topological polar surface area (TPSA) is 79.3 Å². The van der Waals surface area contributed by atoms with Gasteiger partial charge < -0.3 is 5.11 Å². The minimum Gasteiger partial charge on any atom is -0.396 e. The molecule has 0 radical (unpaired) electrons. The Labute approximate surface area is 110 Å². The molecule has 2 N–H and O–H groups in total. The van der Waals surface area contributed by atoms with Gasteiger partial charge >= 0.3 is 0 Å². The van der Waals surface area contributed by atoms with Crippen LogP contribution < -0.4 is 4.72 Å². The second-order valence-corrected chi connectivity index (χ2v) is 6.75. The summed E-state index contributed by atoms with van der Waals surface area (Å²) in [5, 5.41) is 8.62. The number of unbranched alkanes of at least 4 members (excludes halogenated alkanes) is 1. The lowest BCUT2D eigenvalue weighted by atomic mass is 10.3. The molecule has 1 aromatic carbocycles. The Morgan fingerprint density at radius 2 is 2.06 bits per heavy atom. The Kier molecular flexibility index (Phi) is 4.28. The number of para-hydroxylation sites is 1. The summed E-state index contributed by atoms with van der Waals surface area (Å²) in [7, 11) is -3.53. The molecule has 2 aromatic rings. The largest absolute Gasteiger partial charge is 0.396 e. The Balaban J connectivity index is 2.14. The standard InChI is InChI=1S/C11H14N2O3S2/c14-8-4-3-7-12-18(15,16)11-13-9-5-1-2-6-10(9)17-11/h1-2,5-6,12,14H,3-4,7-8H2. The normalized spacial score (nSPS) is 12.1. The zero-order chi connectivity index (χ0) is 13.0. The quantitative estimate of drug-likeness (QED) is 0.786. The van der Waals surface area contributed by atoms with Crippen molar-refractivity contribution < 1.29 is 13.5 Å². The first-order chi connectivity index (χ1) is 8.63. The number of nitrogens with one attached hydrogen (secondary N) is 1. The van der Waals surface area contributed by atoms with Crippen LogP contribution in [0.15, 0.2) is 28.6 Å². The van der Waals surface area contributed by atoms with Gasteiger partial charge in [0.25, 0.3) is 10.0 Å². The molecule has 0 aliphatic heterocycles. The van der Waals surface area contributed by atoms with Crippen molar-refractivity contribution in [3.8, 4) is 0 Å². The van der Waals surface area contributed by atoms with E-state index in [1.165, 1.54) is 0 Å². The molecule has 0 fully saturated rings. The van der Waals surface area contributed by atoms with Gasteiger partial charge in [-0.1, -0.05) is 12.1 Å². The molecule has 0 aliphatic carbocycles. The summed E-state index contributed by atoms with van der Waals surface area (Å²) in [6.45, 7) is 0.391. The minimum atomic E-state index is -3.53. The van der Waals surface area contributed by atoms with Crippen LogP contribution in [0.1, 0.15) is 12.8 Å². The van der Waals surface area contributed by atoms with Crippen molar-refractivity contribution in [1.29, 1.82) is 0 Å². The summed E-state index contributed by atoms with van der Waals surface area (Å²) in [5.41, 5.74) is 0.693. The van der Waals surface area contributed by atoms with E-state index in [0.717, 1.165) is 16.0 Å². The smallest absolute Gasteiger partial charge is 0.267 e. The molecular formula is C11H14N2O3S2. The van der Waals surface area contributed by atoms with Gasteiger partial charge in [-0.15, -0.1) is 11.3 Å². The Hall–Kier alpha value is -1.02. The van der Waals surface area contributed by atoms with Gasteiger partial charge in [-0.25, -0.2) is 18.1 Å². The minimum absolute atomic E-state index is 0.0723. The first kappa shape index (κ1) is 13.4. The second kappa shape index (κ2) is 5.75. The molecule has 1 heterocycles. The molecule has 0 unspecified atom stereocenters. The molecule has 0 aliphatic rings. The molecule has 0 saturated heterocycles. The van der Waals surface area contributed by atoms with Crippen molar-refractivity contribution in [2.75, 3.05) is 13.2 Å². The summed E-state index contributed by atoms with van der Waals surface area (Å²) < 4.78 is 27.3. The molecule has 0 spiro atoms. The highest BCUT2D eigenvalue weighted by atomic mass is 32.2. The third-order valence-electron chi connectivity index (χ3n) is 2.38. The zero-order valence-electron chi connectivity index (χ0n) is 9.67. The van der Waals surface area contributed by atoms with Crippen LogP contribution in [0.3, 0.4) is 0 Å². The maximum absolute atomic E-state index is 11.9. The number of hydrogen-bond donors (Lipinski definition) is 2. The van der Waals surface area contributed by atoms with E-state index >= 15 is 0 Å². The third kappa shape index (κ3) is 3.05. The van der Waals surface area contributed by atoms with E-state index in [1.807, 2.05) is 18.2 Å². The van der Waals surface area contributed by atoms with E-state index < -0.39 is 10.0 Å². The number of aromatic nitrogens is 1. The van der Waals surface area contributed by atoms with Crippen molar-refractivity contribution in [1.82, 2.24) is 9.71 Å². The van der Waals surface area contributed by atoms with Crippen LogP contribution in [0.25, 0.3) is 10.2 Å². The molecule has 0 atom stereocenters. The maximum atomic E-state index is 11.9. The van der Waals surface area contributed by atoms with Crippen LogP contribution >= 0.6 is 11.3 Å². The third-order valence-corrected chi connectivity index (χ3v) is 5.26. The van der Waals surface area contributed by atoms with Crippen molar-refractivity contribution in [3.63, 3.8) is 0 Å². The van der Waals surface area contributed by atoms with Crippen molar-refractivity contribution in [2.45, 2.75) is 17.2 Å². The lowest BCUT2D eigenvalue weighted by Gasteiger charge is -2.02. The Morgan fingerprint density at radius 3 is 2.78 bits per heavy atom. The molecule has 1 aromatic heterocycles. The maximum Gasteiger partial charge on any atom is 0.267 e. The second-order valence-electron chi connectivity index (χ2n) is 3.78. The van der Waals surface area contributed by atoms with Gasteiger partial charge in [-0.3, -0.25) is 0 Å². The van der Waals surface area contributed by atoms with Gasteiger partial charge in [0.05, 0.1) is 10.2 Å². The first-order valence-corrected chi connectivity index (χ1v) is 7.89. The van der Waals surface area contributed by atoms with E-state index in [-0.39, 0.29) is 10.9 Å². The van der Waals surface area contributed by atoms with E-state index in [1.54, 1.807) is 6.07 Å². The van der Waals surface area contributed by atoms with Crippen molar-refractivity contribution >= 4 is 31.6 Å². The molecular weight excluding hydrogens is 272 g/mol. The van der Waals surface area contributed by atoms with Gasteiger partial charge in [0.2, 0.25) is 4.34 Å². The number of hydrogen-bond acceptors (Lipinski definition) is 5. The highest BCUT2D eigenvalue weighted by Crippen LogP contribution is 2.24. The Bertz CT molecular complexity index is 589. The molecule has 0 amide bonds. The predicted molar refractivity (Wildman–Crippen MR) is 71.1 cm³/mol. The fourth-order valence-corrected chi connectivity index (χ4v) is 3.81. The summed E-state index contributed by atoms with van der Waals surface area (Å²) in [6.07, 6.45) is 1.20. The lowest BCUT2D eigenvalue weighted by Crippen LogP contribution is -2.24. The van der Waals surface area contributed by atoms with Gasteiger partial charge in [0, 0.05) is 13.2 Å². The molecule has 7 heteroatoms. The van der Waals surface area contributed by atoms with Gasteiger partial charge in [-0.2, -0.15) is 0 Å². The van der Waals surface area contributed by atoms with Gasteiger partial charge in [-0.05, 0) is 25.0 Å². The molecule has 5 nitrogen and oxygen atoms in total. The van der Waals surface area contributed by atoms with Gasteiger partial charge in [0.15, 0.2) is 0 Å². The molecule has 18 heavy (non-hydrogen) atoms. The number of nitrogens with zero attached hydrogens (tertiary/aromatic N) is 1. The highest BCUT2D eigenvalue weighted by Gasteiger charge is 2.18. The van der Waals surface area contributed by atoms with E-state index in [0.29, 0.717) is 24.9 Å². The summed E-state index contributed by atoms with van der Waals surface area (Å²) in [6, 6.07) is 7.31. The molecule has 0 bridgehead atoms. The lowest BCUT2D eigenvalue weighted by molar-refractivity contribution is 0.285. The number of fused-ring (bicyclic) bond motifs is 1. The van der Waals surface area contributed by atoms with Crippen LogP contribution in [0.5, 0.6) is 0 Å². The van der Waals surface area contributed by atoms with Gasteiger partial charge in [0.1, 0.15) is 0 Å². The first-order valence-electron chi connectivity index (χ1n) is 5.59. The van der Waals surface area contributed by atoms with Crippen molar-refractivity contribution in [3.05, 3.63) is 24.3 Å². The van der Waals surface area contributed by atoms with Crippen LogP contribution in [0.4, 0.5) is 0 Å². The molecule has 98 valence electrons. The molecule has 2 rings (SSSR count). The average Bonchev–Trinajstić information content (AvgIpc) is 2.79. The summed E-state index contributed by atoms with van der Waals surface area (Å²) in [5.74, 6) is 0. The number of sulfonamides is 1. The number of aliphatic hydroxyl groups excluding tert-OH is 1. The number of thiazole rings is 1. The SMILES string of the molecule is O=S(=O)(NCCCCO)c1nc2ccccc2s1. The van der Waals surface area contributed by atoms with E-state index in [4.69, 9.17) is 5.11 Å². The Morgan fingerprint density at radius 1 is 1.28 bits per heavy atom. The zero-order valence-corrected chi connectivity index (χ0v) is 11.3. The fraction of sp³-hybridized carbons (Fsp3) is 0.364. The molecule has 0 saturated carbocycles.